The van der Waals surface area contributed by atoms with E-state index in [1.54, 1.807) is 19.5 Å². The molecular weight excluding hydrogens is 392 g/mol. The highest BCUT2D eigenvalue weighted by Crippen LogP contribution is 2.31. The van der Waals surface area contributed by atoms with Crippen molar-refractivity contribution in [3.63, 3.8) is 0 Å². The number of pyridine rings is 1. The molecule has 0 aliphatic rings. The number of aromatic nitrogens is 3. The zero-order valence-electron chi connectivity index (χ0n) is 17.2. The van der Waals surface area contributed by atoms with E-state index in [4.69, 9.17) is 14.2 Å². The normalized spacial score (nSPS) is 10.5. The first-order valence-corrected chi connectivity index (χ1v) is 9.63. The van der Waals surface area contributed by atoms with E-state index >= 15 is 0 Å². The number of ether oxygens (including phenoxy) is 3. The van der Waals surface area contributed by atoms with Gasteiger partial charge in [0.05, 0.1) is 31.5 Å². The van der Waals surface area contributed by atoms with Crippen LogP contribution in [0.1, 0.15) is 22.3 Å². The van der Waals surface area contributed by atoms with E-state index < -0.39 is 0 Å². The van der Waals surface area contributed by atoms with Gasteiger partial charge in [-0.1, -0.05) is 18.2 Å². The second-order valence-electron chi connectivity index (χ2n) is 6.80. The Hall–Kier alpha value is -4.18. The molecule has 7 heteroatoms. The summed E-state index contributed by atoms with van der Waals surface area (Å²) in [6, 6.07) is 15.6. The molecule has 0 saturated heterocycles. The first-order chi connectivity index (χ1) is 15.2. The Morgan fingerprint density at radius 2 is 1.87 bits per heavy atom. The molecule has 0 spiro atoms. The van der Waals surface area contributed by atoms with E-state index in [2.05, 4.69) is 21.0 Å². The van der Waals surface area contributed by atoms with Crippen LogP contribution in [0, 0.1) is 11.3 Å². The molecular formula is C24H20N4O3. The average Bonchev–Trinajstić information content (AvgIpc) is 2.83. The molecule has 0 amide bonds. The van der Waals surface area contributed by atoms with Crippen molar-refractivity contribution < 1.29 is 14.2 Å². The number of hydrogen-bond donors (Lipinski definition) is 0. The molecule has 0 aliphatic carbocycles. The van der Waals surface area contributed by atoms with Crippen LogP contribution in [0.3, 0.4) is 0 Å². The number of nitriles is 1. The van der Waals surface area contributed by atoms with Gasteiger partial charge in [-0.25, -0.2) is 9.97 Å². The van der Waals surface area contributed by atoms with Crippen LogP contribution >= 0.6 is 0 Å². The molecule has 0 saturated carbocycles. The highest BCUT2D eigenvalue weighted by molar-refractivity contribution is 5.82. The Morgan fingerprint density at radius 1 is 0.968 bits per heavy atom. The maximum Gasteiger partial charge on any atom is 0.232 e. The average molecular weight is 412 g/mol. The zero-order valence-corrected chi connectivity index (χ0v) is 17.2. The molecule has 0 bridgehead atoms. The van der Waals surface area contributed by atoms with Gasteiger partial charge in [-0.2, -0.15) is 5.26 Å². The molecule has 0 fully saturated rings. The Bertz CT molecular complexity index is 1250. The summed E-state index contributed by atoms with van der Waals surface area (Å²) >= 11 is 0. The summed E-state index contributed by atoms with van der Waals surface area (Å²) < 4.78 is 16.6. The topological polar surface area (TPSA) is 90.1 Å². The Morgan fingerprint density at radius 3 is 2.61 bits per heavy atom. The van der Waals surface area contributed by atoms with Gasteiger partial charge in [0.1, 0.15) is 18.2 Å². The molecule has 0 radical (unpaired) electrons. The van der Waals surface area contributed by atoms with Crippen molar-refractivity contribution >= 4 is 11.0 Å². The predicted octanol–water partition coefficient (Wildman–Crippen LogP) is 4.08. The summed E-state index contributed by atoms with van der Waals surface area (Å²) in [5.41, 5.74) is 4.47. The Kier molecular flexibility index (Phi) is 5.90. The number of methoxy groups -OCH3 is 2. The van der Waals surface area contributed by atoms with E-state index in [1.807, 2.05) is 42.5 Å². The van der Waals surface area contributed by atoms with Gasteiger partial charge in [-0.15, -0.1) is 0 Å². The van der Waals surface area contributed by atoms with Crippen molar-refractivity contribution in [1.82, 2.24) is 15.0 Å². The van der Waals surface area contributed by atoms with Crippen molar-refractivity contribution in [2.75, 3.05) is 14.2 Å². The second-order valence-corrected chi connectivity index (χ2v) is 6.80. The van der Waals surface area contributed by atoms with Crippen molar-refractivity contribution in [1.29, 1.82) is 5.26 Å². The molecule has 154 valence electrons. The van der Waals surface area contributed by atoms with Gasteiger partial charge in [0.2, 0.25) is 5.88 Å². The van der Waals surface area contributed by atoms with Crippen LogP contribution in [0.4, 0.5) is 0 Å². The summed E-state index contributed by atoms with van der Waals surface area (Å²) in [5.74, 6) is 1.64. The van der Waals surface area contributed by atoms with E-state index in [0.29, 0.717) is 47.0 Å². The molecule has 4 aromatic rings. The number of rotatable bonds is 7. The highest BCUT2D eigenvalue weighted by Gasteiger charge is 2.13. The van der Waals surface area contributed by atoms with E-state index in [-0.39, 0.29) is 0 Å². The van der Waals surface area contributed by atoms with Gasteiger partial charge >= 0.3 is 0 Å². The monoisotopic (exact) mass is 412 g/mol. The van der Waals surface area contributed by atoms with Crippen LogP contribution in [0.5, 0.6) is 17.4 Å². The van der Waals surface area contributed by atoms with E-state index in [9.17, 15) is 5.26 Å². The predicted molar refractivity (Wildman–Crippen MR) is 115 cm³/mol. The summed E-state index contributed by atoms with van der Waals surface area (Å²) in [4.78, 5) is 12.8. The summed E-state index contributed by atoms with van der Waals surface area (Å²) in [7, 11) is 3.13. The van der Waals surface area contributed by atoms with Gasteiger partial charge in [0, 0.05) is 18.0 Å². The fourth-order valence-corrected chi connectivity index (χ4v) is 3.28. The Balaban J connectivity index is 1.60. The van der Waals surface area contributed by atoms with Crippen molar-refractivity contribution in [3.05, 3.63) is 83.3 Å². The second kappa shape index (κ2) is 9.09. The molecule has 2 aromatic heterocycles. The maximum atomic E-state index is 9.77. The summed E-state index contributed by atoms with van der Waals surface area (Å²) in [6.07, 6.45) is 5.57. The SMILES string of the molecule is COc1cnc2ccc(Cc3ccc(OCc4cccnc4)c(OC)c3)c(C#N)c2n1. The van der Waals surface area contributed by atoms with Crippen LogP contribution in [0.15, 0.2) is 61.1 Å². The highest BCUT2D eigenvalue weighted by atomic mass is 16.5. The third kappa shape index (κ3) is 4.38. The number of nitrogens with zero attached hydrogens (tertiary/aromatic N) is 4. The lowest BCUT2D eigenvalue weighted by molar-refractivity contribution is 0.284. The van der Waals surface area contributed by atoms with Gasteiger partial charge in [-0.05, 0) is 41.8 Å². The maximum absolute atomic E-state index is 9.77. The largest absolute Gasteiger partial charge is 0.493 e. The van der Waals surface area contributed by atoms with Gasteiger partial charge < -0.3 is 14.2 Å². The van der Waals surface area contributed by atoms with Gasteiger partial charge in [0.15, 0.2) is 11.5 Å². The fraction of sp³-hybridized carbons (Fsp3) is 0.167. The van der Waals surface area contributed by atoms with Crippen LogP contribution in [-0.2, 0) is 13.0 Å². The van der Waals surface area contributed by atoms with Crippen LogP contribution in [-0.4, -0.2) is 29.2 Å². The lowest BCUT2D eigenvalue weighted by atomic mass is 9.98. The van der Waals surface area contributed by atoms with Crippen LogP contribution in [0.2, 0.25) is 0 Å². The lowest BCUT2D eigenvalue weighted by Crippen LogP contribution is -2.00. The number of fused-ring (bicyclic) bond motifs is 1. The minimum atomic E-state index is 0.373. The molecule has 0 unspecified atom stereocenters. The first-order valence-electron chi connectivity index (χ1n) is 9.63. The standard InChI is InChI=1S/C24H20N4O3/c1-29-22-11-16(5-8-21(22)31-15-17-4-3-9-26-13-17)10-18-6-7-20-24(19(18)12-25)28-23(30-2)14-27-20/h3-9,11,13-14H,10,15H2,1-2H3. The molecule has 0 atom stereocenters. The molecule has 2 heterocycles. The molecule has 0 N–H and O–H groups in total. The first kappa shape index (κ1) is 20.1. The number of hydrogen-bond acceptors (Lipinski definition) is 7. The summed E-state index contributed by atoms with van der Waals surface area (Å²) in [5, 5.41) is 9.77. The Labute approximate surface area is 179 Å². The minimum Gasteiger partial charge on any atom is -0.493 e. The van der Waals surface area contributed by atoms with Crippen molar-refractivity contribution in [2.45, 2.75) is 13.0 Å². The molecule has 0 aliphatic heterocycles. The van der Waals surface area contributed by atoms with E-state index in [0.717, 1.165) is 16.7 Å². The quantitative estimate of drug-likeness (QED) is 0.452. The van der Waals surface area contributed by atoms with Crippen molar-refractivity contribution in [3.8, 4) is 23.4 Å². The fourth-order valence-electron chi connectivity index (χ4n) is 3.28. The molecule has 31 heavy (non-hydrogen) atoms. The smallest absolute Gasteiger partial charge is 0.232 e. The summed E-state index contributed by atoms with van der Waals surface area (Å²) in [6.45, 7) is 0.396. The number of benzene rings is 2. The van der Waals surface area contributed by atoms with Gasteiger partial charge in [0.25, 0.3) is 0 Å². The minimum absolute atomic E-state index is 0.373. The zero-order chi connectivity index (χ0) is 21.6. The van der Waals surface area contributed by atoms with Crippen LogP contribution < -0.4 is 14.2 Å². The van der Waals surface area contributed by atoms with Crippen molar-refractivity contribution in [2.24, 2.45) is 0 Å². The molecule has 2 aromatic carbocycles. The van der Waals surface area contributed by atoms with Crippen LogP contribution in [0.25, 0.3) is 11.0 Å². The third-order valence-electron chi connectivity index (χ3n) is 4.84. The van der Waals surface area contributed by atoms with E-state index in [1.165, 1.54) is 13.3 Å². The molecule has 4 rings (SSSR count). The lowest BCUT2D eigenvalue weighted by Gasteiger charge is -2.13. The third-order valence-corrected chi connectivity index (χ3v) is 4.84. The van der Waals surface area contributed by atoms with Gasteiger partial charge in [-0.3, -0.25) is 4.98 Å². The molecule has 7 nitrogen and oxygen atoms in total.